The van der Waals surface area contributed by atoms with Gasteiger partial charge in [-0.2, -0.15) is 0 Å². The average molecular weight is 194 g/mol. The summed E-state index contributed by atoms with van der Waals surface area (Å²) in [4.78, 5) is 3.89. The number of methoxy groups -OCH3 is 2. The van der Waals surface area contributed by atoms with Crippen molar-refractivity contribution in [1.29, 1.82) is 0 Å². The van der Waals surface area contributed by atoms with Gasteiger partial charge >= 0.3 is 0 Å². The standard InChI is InChI=1S/C10H14N2O2/c1-12-10(11)7-4-8(13-2)6-9(5-7)14-3/h4-6H,1-3H3,(H2,11,12). The second-order valence-corrected chi connectivity index (χ2v) is 2.71. The smallest absolute Gasteiger partial charge is 0.125 e. The van der Waals surface area contributed by atoms with Gasteiger partial charge in [-0.25, -0.2) is 0 Å². The van der Waals surface area contributed by atoms with E-state index in [1.165, 1.54) is 0 Å². The monoisotopic (exact) mass is 194 g/mol. The molecule has 0 fully saturated rings. The molecule has 1 aromatic rings. The Labute approximate surface area is 83.4 Å². The second kappa shape index (κ2) is 4.50. The van der Waals surface area contributed by atoms with E-state index in [2.05, 4.69) is 4.99 Å². The first-order valence-electron chi connectivity index (χ1n) is 4.17. The van der Waals surface area contributed by atoms with Crippen LogP contribution in [0.15, 0.2) is 23.2 Å². The Morgan fingerprint density at radius 1 is 1.14 bits per heavy atom. The van der Waals surface area contributed by atoms with Gasteiger partial charge in [0.15, 0.2) is 0 Å². The number of hydrogen-bond donors (Lipinski definition) is 1. The number of amidine groups is 1. The van der Waals surface area contributed by atoms with Crippen molar-refractivity contribution < 1.29 is 9.47 Å². The maximum atomic E-state index is 5.68. The summed E-state index contributed by atoms with van der Waals surface area (Å²) < 4.78 is 10.2. The van der Waals surface area contributed by atoms with Crippen LogP contribution in [0.1, 0.15) is 5.56 Å². The Balaban J connectivity index is 3.17. The summed E-state index contributed by atoms with van der Waals surface area (Å²) in [5, 5.41) is 0. The van der Waals surface area contributed by atoms with E-state index < -0.39 is 0 Å². The van der Waals surface area contributed by atoms with Gasteiger partial charge in [-0.1, -0.05) is 0 Å². The molecule has 0 saturated heterocycles. The van der Waals surface area contributed by atoms with Gasteiger partial charge in [0, 0.05) is 18.7 Å². The van der Waals surface area contributed by atoms with Crippen molar-refractivity contribution >= 4 is 5.84 Å². The Bertz CT molecular complexity index is 326. The van der Waals surface area contributed by atoms with Gasteiger partial charge in [0.1, 0.15) is 17.3 Å². The van der Waals surface area contributed by atoms with E-state index >= 15 is 0 Å². The molecule has 0 saturated carbocycles. The summed E-state index contributed by atoms with van der Waals surface area (Å²) in [6.07, 6.45) is 0. The van der Waals surface area contributed by atoms with Crippen molar-refractivity contribution in [3.8, 4) is 11.5 Å². The molecule has 4 nitrogen and oxygen atoms in total. The molecule has 0 aliphatic heterocycles. The van der Waals surface area contributed by atoms with Gasteiger partial charge in [-0.15, -0.1) is 0 Å². The van der Waals surface area contributed by atoms with Gasteiger partial charge in [0.25, 0.3) is 0 Å². The lowest BCUT2D eigenvalue weighted by Crippen LogP contribution is -2.13. The van der Waals surface area contributed by atoms with Crippen LogP contribution >= 0.6 is 0 Å². The Morgan fingerprint density at radius 3 is 2.00 bits per heavy atom. The lowest BCUT2D eigenvalue weighted by molar-refractivity contribution is 0.394. The molecule has 76 valence electrons. The highest BCUT2D eigenvalue weighted by Crippen LogP contribution is 2.22. The molecule has 2 N–H and O–H groups in total. The summed E-state index contributed by atoms with van der Waals surface area (Å²) >= 11 is 0. The van der Waals surface area contributed by atoms with Gasteiger partial charge < -0.3 is 15.2 Å². The van der Waals surface area contributed by atoms with Gasteiger partial charge in [0.2, 0.25) is 0 Å². The molecule has 0 aromatic heterocycles. The molecule has 0 aliphatic carbocycles. The van der Waals surface area contributed by atoms with Crippen LogP contribution in [0, 0.1) is 0 Å². The van der Waals surface area contributed by atoms with Crippen LogP contribution in [-0.4, -0.2) is 27.1 Å². The maximum absolute atomic E-state index is 5.68. The summed E-state index contributed by atoms with van der Waals surface area (Å²) in [6.45, 7) is 0. The molecule has 0 aliphatic rings. The number of hydrogen-bond acceptors (Lipinski definition) is 3. The molecule has 0 bridgehead atoms. The highest BCUT2D eigenvalue weighted by Gasteiger charge is 2.03. The van der Waals surface area contributed by atoms with Crippen LogP contribution < -0.4 is 15.2 Å². The van der Waals surface area contributed by atoms with Crippen LogP contribution in [0.4, 0.5) is 0 Å². The molecule has 0 unspecified atom stereocenters. The summed E-state index contributed by atoms with van der Waals surface area (Å²) in [5.74, 6) is 1.86. The fourth-order valence-electron chi connectivity index (χ4n) is 1.08. The zero-order valence-corrected chi connectivity index (χ0v) is 8.57. The first-order chi connectivity index (χ1) is 6.71. The molecular weight excluding hydrogens is 180 g/mol. The number of benzene rings is 1. The van der Waals surface area contributed by atoms with Gasteiger partial charge in [0.05, 0.1) is 14.2 Å². The number of rotatable bonds is 3. The molecule has 0 amide bonds. The molecule has 1 aromatic carbocycles. The van der Waals surface area contributed by atoms with Crippen molar-refractivity contribution in [2.75, 3.05) is 21.3 Å². The number of nitrogens with two attached hydrogens (primary N) is 1. The molecule has 0 heterocycles. The van der Waals surface area contributed by atoms with E-state index in [9.17, 15) is 0 Å². The van der Waals surface area contributed by atoms with Crippen LogP contribution in [0.5, 0.6) is 11.5 Å². The molecule has 14 heavy (non-hydrogen) atoms. The normalized spacial score (nSPS) is 11.2. The van der Waals surface area contributed by atoms with E-state index in [4.69, 9.17) is 15.2 Å². The van der Waals surface area contributed by atoms with Gasteiger partial charge in [-0.05, 0) is 12.1 Å². The van der Waals surface area contributed by atoms with E-state index in [0.29, 0.717) is 17.3 Å². The van der Waals surface area contributed by atoms with Crippen molar-refractivity contribution in [2.24, 2.45) is 10.7 Å². The summed E-state index contributed by atoms with van der Waals surface area (Å²) in [6, 6.07) is 5.40. The average Bonchev–Trinajstić information content (AvgIpc) is 2.27. The number of nitrogens with zero attached hydrogens (tertiary/aromatic N) is 1. The third-order valence-corrected chi connectivity index (χ3v) is 1.89. The Morgan fingerprint density at radius 2 is 1.64 bits per heavy atom. The topological polar surface area (TPSA) is 56.8 Å². The third-order valence-electron chi connectivity index (χ3n) is 1.89. The van der Waals surface area contributed by atoms with Crippen LogP contribution in [0.25, 0.3) is 0 Å². The Hall–Kier alpha value is -1.71. The SMILES string of the molecule is CN=C(N)c1cc(OC)cc(OC)c1. The molecule has 0 atom stereocenters. The van der Waals surface area contributed by atoms with Crippen LogP contribution in [0.3, 0.4) is 0 Å². The minimum absolute atomic E-state index is 0.460. The Kier molecular flexibility index (Phi) is 3.34. The molecule has 0 spiro atoms. The maximum Gasteiger partial charge on any atom is 0.125 e. The van der Waals surface area contributed by atoms with Crippen molar-refractivity contribution in [1.82, 2.24) is 0 Å². The predicted molar refractivity (Wildman–Crippen MR) is 56.2 cm³/mol. The first kappa shape index (κ1) is 10.4. The minimum Gasteiger partial charge on any atom is -0.497 e. The molecule has 1 rings (SSSR count). The van der Waals surface area contributed by atoms with Crippen molar-refractivity contribution in [3.63, 3.8) is 0 Å². The lowest BCUT2D eigenvalue weighted by atomic mass is 10.2. The molecule has 0 radical (unpaired) electrons. The van der Waals surface area contributed by atoms with Crippen LogP contribution in [-0.2, 0) is 0 Å². The quantitative estimate of drug-likeness (QED) is 0.577. The number of aliphatic imine (C=N–C) groups is 1. The largest absolute Gasteiger partial charge is 0.497 e. The summed E-state index contributed by atoms with van der Waals surface area (Å²) in [7, 11) is 4.83. The first-order valence-corrected chi connectivity index (χ1v) is 4.17. The van der Waals surface area contributed by atoms with Crippen molar-refractivity contribution in [3.05, 3.63) is 23.8 Å². The zero-order valence-electron chi connectivity index (χ0n) is 8.57. The highest BCUT2D eigenvalue weighted by atomic mass is 16.5. The second-order valence-electron chi connectivity index (χ2n) is 2.71. The predicted octanol–water partition coefficient (Wildman–Crippen LogP) is 1.04. The third kappa shape index (κ3) is 2.16. The van der Waals surface area contributed by atoms with E-state index in [-0.39, 0.29) is 0 Å². The van der Waals surface area contributed by atoms with Crippen molar-refractivity contribution in [2.45, 2.75) is 0 Å². The van der Waals surface area contributed by atoms with E-state index in [1.54, 1.807) is 27.3 Å². The molecular formula is C10H14N2O2. The van der Waals surface area contributed by atoms with Gasteiger partial charge in [-0.3, -0.25) is 4.99 Å². The minimum atomic E-state index is 0.460. The number of ether oxygens (including phenoxy) is 2. The molecule has 4 heteroatoms. The fourth-order valence-corrected chi connectivity index (χ4v) is 1.08. The lowest BCUT2D eigenvalue weighted by Gasteiger charge is -2.07. The summed E-state index contributed by atoms with van der Waals surface area (Å²) in [5.41, 5.74) is 6.48. The zero-order chi connectivity index (χ0) is 10.6. The van der Waals surface area contributed by atoms with E-state index in [1.807, 2.05) is 12.1 Å². The van der Waals surface area contributed by atoms with E-state index in [0.717, 1.165) is 5.56 Å². The fraction of sp³-hybridized carbons (Fsp3) is 0.300. The highest BCUT2D eigenvalue weighted by molar-refractivity contribution is 5.98. The van der Waals surface area contributed by atoms with Crippen LogP contribution in [0.2, 0.25) is 0 Å².